The minimum Gasteiger partial charge on any atom is -0.337 e. The van der Waals surface area contributed by atoms with Gasteiger partial charge in [-0.05, 0) is 44.4 Å². The van der Waals surface area contributed by atoms with Gasteiger partial charge < -0.3 is 10.2 Å². The summed E-state index contributed by atoms with van der Waals surface area (Å²) in [6.07, 6.45) is 2.16. The van der Waals surface area contributed by atoms with Crippen LogP contribution in [0.4, 0.5) is 0 Å². The lowest BCUT2D eigenvalue weighted by atomic mass is 10.0. The van der Waals surface area contributed by atoms with Crippen LogP contribution in [0.1, 0.15) is 42.6 Å². The van der Waals surface area contributed by atoms with Crippen molar-refractivity contribution in [1.29, 1.82) is 0 Å². The summed E-state index contributed by atoms with van der Waals surface area (Å²) in [6.45, 7) is 9.19. The van der Waals surface area contributed by atoms with Crippen molar-refractivity contribution in [2.75, 3.05) is 19.6 Å². The predicted octanol–water partition coefficient (Wildman–Crippen LogP) is 2.85. The molecule has 1 N–H and O–H groups in total. The van der Waals surface area contributed by atoms with Crippen LogP contribution in [-0.2, 0) is 0 Å². The monoisotopic (exact) mass is 274 g/mol. The summed E-state index contributed by atoms with van der Waals surface area (Å²) in [4.78, 5) is 14.6. The molecule has 1 aliphatic heterocycles. The summed E-state index contributed by atoms with van der Waals surface area (Å²) >= 11 is 0. The maximum absolute atomic E-state index is 12.6. The number of amides is 1. The van der Waals surface area contributed by atoms with E-state index in [1.807, 2.05) is 36.1 Å². The van der Waals surface area contributed by atoms with Crippen LogP contribution in [0.5, 0.6) is 0 Å². The Balaban J connectivity index is 2.07. The summed E-state index contributed by atoms with van der Waals surface area (Å²) in [7, 11) is 0. The van der Waals surface area contributed by atoms with Gasteiger partial charge in [-0.1, -0.05) is 31.5 Å². The molecular weight excluding hydrogens is 248 g/mol. The van der Waals surface area contributed by atoms with Gasteiger partial charge in [0.05, 0.1) is 0 Å². The molecule has 1 aliphatic rings. The second kappa shape index (κ2) is 6.89. The summed E-state index contributed by atoms with van der Waals surface area (Å²) in [5, 5.41) is 3.57. The number of carbonyl (C=O) groups is 1. The van der Waals surface area contributed by atoms with Crippen LogP contribution in [0.3, 0.4) is 0 Å². The van der Waals surface area contributed by atoms with E-state index in [4.69, 9.17) is 0 Å². The van der Waals surface area contributed by atoms with Gasteiger partial charge in [0, 0.05) is 24.7 Å². The van der Waals surface area contributed by atoms with Gasteiger partial charge >= 0.3 is 0 Å². The van der Waals surface area contributed by atoms with E-state index in [0.29, 0.717) is 12.0 Å². The molecule has 1 saturated heterocycles. The first-order chi connectivity index (χ1) is 9.56. The van der Waals surface area contributed by atoms with Crippen molar-refractivity contribution >= 4 is 5.91 Å². The molecule has 1 amide bonds. The molecule has 20 heavy (non-hydrogen) atoms. The van der Waals surface area contributed by atoms with Crippen LogP contribution in [0.2, 0.25) is 0 Å². The normalized spacial score (nSPS) is 20.0. The highest BCUT2D eigenvalue weighted by molar-refractivity contribution is 5.94. The molecule has 0 radical (unpaired) electrons. The van der Waals surface area contributed by atoms with E-state index >= 15 is 0 Å². The first kappa shape index (κ1) is 15.0. The molecule has 3 nitrogen and oxygen atoms in total. The lowest BCUT2D eigenvalue weighted by Gasteiger charge is -2.25. The average molecular weight is 274 g/mol. The van der Waals surface area contributed by atoms with Crippen molar-refractivity contribution in [3.05, 3.63) is 35.4 Å². The second-order valence-corrected chi connectivity index (χ2v) is 6.25. The molecule has 0 bridgehead atoms. The Bertz CT molecular complexity index is 456. The van der Waals surface area contributed by atoms with E-state index in [9.17, 15) is 4.79 Å². The highest BCUT2D eigenvalue weighted by atomic mass is 16.2. The Labute approximate surface area is 122 Å². The Morgan fingerprint density at radius 3 is 2.95 bits per heavy atom. The van der Waals surface area contributed by atoms with E-state index in [1.54, 1.807) is 0 Å². The molecule has 1 aromatic rings. The number of benzene rings is 1. The quantitative estimate of drug-likeness (QED) is 0.919. The van der Waals surface area contributed by atoms with Crippen LogP contribution in [-0.4, -0.2) is 36.5 Å². The second-order valence-electron chi connectivity index (χ2n) is 6.25. The molecule has 2 rings (SSSR count). The molecule has 1 heterocycles. The van der Waals surface area contributed by atoms with Crippen LogP contribution in [0, 0.1) is 12.8 Å². The van der Waals surface area contributed by atoms with Crippen molar-refractivity contribution in [3.8, 4) is 0 Å². The molecule has 1 unspecified atom stereocenters. The van der Waals surface area contributed by atoms with Crippen molar-refractivity contribution in [1.82, 2.24) is 10.2 Å². The van der Waals surface area contributed by atoms with Crippen LogP contribution < -0.4 is 5.32 Å². The zero-order valence-electron chi connectivity index (χ0n) is 12.9. The minimum absolute atomic E-state index is 0.172. The van der Waals surface area contributed by atoms with Crippen LogP contribution in [0.15, 0.2) is 24.3 Å². The zero-order valence-corrected chi connectivity index (χ0v) is 12.9. The van der Waals surface area contributed by atoms with Gasteiger partial charge in [-0.2, -0.15) is 0 Å². The highest BCUT2D eigenvalue weighted by Gasteiger charge is 2.23. The van der Waals surface area contributed by atoms with Gasteiger partial charge in [0.15, 0.2) is 0 Å². The number of hydrogen-bond donors (Lipinski definition) is 1. The number of rotatable bonds is 3. The van der Waals surface area contributed by atoms with Gasteiger partial charge in [-0.25, -0.2) is 0 Å². The zero-order chi connectivity index (χ0) is 14.5. The van der Waals surface area contributed by atoms with Gasteiger partial charge in [-0.3, -0.25) is 4.79 Å². The Kier molecular flexibility index (Phi) is 5.18. The largest absolute Gasteiger partial charge is 0.337 e. The third-order valence-corrected chi connectivity index (χ3v) is 3.79. The number of nitrogens with one attached hydrogen (secondary N) is 1. The molecule has 1 atom stereocenters. The van der Waals surface area contributed by atoms with E-state index in [-0.39, 0.29) is 5.91 Å². The lowest BCUT2D eigenvalue weighted by Crippen LogP contribution is -2.41. The molecule has 0 aliphatic carbocycles. The topological polar surface area (TPSA) is 32.3 Å². The summed E-state index contributed by atoms with van der Waals surface area (Å²) in [5.74, 6) is 0.827. The molecule has 1 aromatic carbocycles. The molecule has 0 spiro atoms. The molecule has 0 aromatic heterocycles. The standard InChI is InChI=1S/C17H26N2O/c1-13(2)10-16-12-19(9-5-8-18-16)17(20)15-7-4-6-14(3)11-15/h4,6-7,11,13,16,18H,5,8-10,12H2,1-3H3. The maximum Gasteiger partial charge on any atom is 0.253 e. The molecule has 3 heteroatoms. The number of nitrogens with zero attached hydrogens (tertiary/aromatic N) is 1. The third kappa shape index (κ3) is 4.07. The molecule has 1 fully saturated rings. The van der Waals surface area contributed by atoms with E-state index in [1.165, 1.54) is 0 Å². The lowest BCUT2D eigenvalue weighted by molar-refractivity contribution is 0.0749. The first-order valence-electron chi connectivity index (χ1n) is 7.65. The average Bonchev–Trinajstić information content (AvgIpc) is 2.62. The summed E-state index contributed by atoms with van der Waals surface area (Å²) < 4.78 is 0. The molecule has 0 saturated carbocycles. The van der Waals surface area contributed by atoms with Gasteiger partial charge in [0.2, 0.25) is 0 Å². The minimum atomic E-state index is 0.172. The fourth-order valence-corrected chi connectivity index (χ4v) is 2.87. The fraction of sp³-hybridized carbons (Fsp3) is 0.588. The summed E-state index contributed by atoms with van der Waals surface area (Å²) in [5.41, 5.74) is 1.96. The highest BCUT2D eigenvalue weighted by Crippen LogP contribution is 2.13. The van der Waals surface area contributed by atoms with Crippen LogP contribution in [0.25, 0.3) is 0 Å². The van der Waals surface area contributed by atoms with Crippen molar-refractivity contribution in [2.24, 2.45) is 5.92 Å². The van der Waals surface area contributed by atoms with E-state index in [0.717, 1.165) is 43.6 Å². The number of hydrogen-bond acceptors (Lipinski definition) is 2. The third-order valence-electron chi connectivity index (χ3n) is 3.79. The van der Waals surface area contributed by atoms with Crippen LogP contribution >= 0.6 is 0 Å². The maximum atomic E-state index is 12.6. The smallest absolute Gasteiger partial charge is 0.253 e. The predicted molar refractivity (Wildman–Crippen MR) is 82.9 cm³/mol. The van der Waals surface area contributed by atoms with Gasteiger partial charge in [0.25, 0.3) is 5.91 Å². The first-order valence-corrected chi connectivity index (χ1v) is 7.65. The van der Waals surface area contributed by atoms with Crippen molar-refractivity contribution in [3.63, 3.8) is 0 Å². The molecule has 110 valence electrons. The number of carbonyl (C=O) groups excluding carboxylic acids is 1. The van der Waals surface area contributed by atoms with Crippen molar-refractivity contribution < 1.29 is 4.79 Å². The Hall–Kier alpha value is -1.35. The van der Waals surface area contributed by atoms with E-state index in [2.05, 4.69) is 19.2 Å². The summed E-state index contributed by atoms with van der Waals surface area (Å²) in [6, 6.07) is 8.32. The number of aryl methyl sites for hydroxylation is 1. The Morgan fingerprint density at radius 1 is 1.45 bits per heavy atom. The van der Waals surface area contributed by atoms with Gasteiger partial charge in [0.1, 0.15) is 0 Å². The fourth-order valence-electron chi connectivity index (χ4n) is 2.87. The Morgan fingerprint density at radius 2 is 2.25 bits per heavy atom. The van der Waals surface area contributed by atoms with E-state index < -0.39 is 0 Å². The van der Waals surface area contributed by atoms with Crippen molar-refractivity contribution in [2.45, 2.75) is 39.7 Å². The molecular formula is C17H26N2O. The van der Waals surface area contributed by atoms with Gasteiger partial charge in [-0.15, -0.1) is 0 Å². The SMILES string of the molecule is Cc1cccc(C(=O)N2CCCNC(CC(C)C)C2)c1.